The number of hydrogen-bond donors (Lipinski definition) is 1. The molecule has 1 aromatic carbocycles. The second kappa shape index (κ2) is 5.70. The lowest BCUT2D eigenvalue weighted by Crippen LogP contribution is -2.39. The third-order valence-corrected chi connectivity index (χ3v) is 4.46. The Kier molecular flexibility index (Phi) is 4.39. The predicted octanol–water partition coefficient (Wildman–Crippen LogP) is 5.50. The minimum Gasteiger partial charge on any atom is -0.381 e. The zero-order valence-corrected chi connectivity index (χ0v) is 12.7. The molecule has 1 nitrogen and oxygen atoms in total. The standard InChI is InChI=1S/C16H23ClFN/c1-16(2,3)12-6-4-5-7-14(12)19-15-9-8-11(18)10-13(15)17/h8-10,12,14,19H,4-7H2,1-3H3. The Morgan fingerprint density at radius 1 is 1.21 bits per heavy atom. The van der Waals surface area contributed by atoms with Crippen molar-refractivity contribution in [1.82, 2.24) is 0 Å². The molecule has 1 aromatic rings. The Hall–Kier alpha value is -0.760. The summed E-state index contributed by atoms with van der Waals surface area (Å²) in [6, 6.07) is 5.00. The van der Waals surface area contributed by atoms with Gasteiger partial charge in [0.05, 0.1) is 10.7 Å². The van der Waals surface area contributed by atoms with E-state index in [1.807, 2.05) is 0 Å². The highest BCUT2D eigenvalue weighted by Crippen LogP contribution is 2.40. The zero-order valence-electron chi connectivity index (χ0n) is 12.0. The molecule has 0 amide bonds. The van der Waals surface area contributed by atoms with Gasteiger partial charge < -0.3 is 5.32 Å². The molecular formula is C16H23ClFN. The Bertz CT molecular complexity index is 439. The second-order valence-electron chi connectivity index (χ2n) is 6.63. The molecule has 2 atom stereocenters. The smallest absolute Gasteiger partial charge is 0.124 e. The van der Waals surface area contributed by atoms with Gasteiger partial charge >= 0.3 is 0 Å². The summed E-state index contributed by atoms with van der Waals surface area (Å²) in [5.74, 6) is 0.342. The SMILES string of the molecule is CC(C)(C)C1CCCCC1Nc1ccc(F)cc1Cl. The highest BCUT2D eigenvalue weighted by atomic mass is 35.5. The van der Waals surface area contributed by atoms with Gasteiger partial charge in [0.15, 0.2) is 0 Å². The van der Waals surface area contributed by atoms with E-state index in [0.717, 1.165) is 12.1 Å². The van der Waals surface area contributed by atoms with E-state index in [4.69, 9.17) is 11.6 Å². The van der Waals surface area contributed by atoms with E-state index in [9.17, 15) is 4.39 Å². The van der Waals surface area contributed by atoms with E-state index in [-0.39, 0.29) is 11.2 Å². The summed E-state index contributed by atoms with van der Waals surface area (Å²) in [4.78, 5) is 0. The summed E-state index contributed by atoms with van der Waals surface area (Å²) in [7, 11) is 0. The number of nitrogens with one attached hydrogen (secondary N) is 1. The maximum absolute atomic E-state index is 13.1. The van der Waals surface area contributed by atoms with Crippen molar-refractivity contribution < 1.29 is 4.39 Å². The van der Waals surface area contributed by atoms with Crippen LogP contribution in [0.15, 0.2) is 18.2 Å². The van der Waals surface area contributed by atoms with Gasteiger partial charge in [-0.05, 0) is 42.4 Å². The summed E-state index contributed by atoms with van der Waals surface area (Å²) in [5, 5.41) is 4.00. The molecule has 19 heavy (non-hydrogen) atoms. The molecule has 2 rings (SSSR count). The van der Waals surface area contributed by atoms with Gasteiger partial charge in [0, 0.05) is 6.04 Å². The molecule has 0 radical (unpaired) electrons. The Morgan fingerprint density at radius 3 is 2.53 bits per heavy atom. The van der Waals surface area contributed by atoms with E-state index in [1.54, 1.807) is 6.07 Å². The van der Waals surface area contributed by atoms with Crippen LogP contribution in [0, 0.1) is 17.2 Å². The van der Waals surface area contributed by atoms with Crippen molar-refractivity contribution in [2.24, 2.45) is 11.3 Å². The second-order valence-corrected chi connectivity index (χ2v) is 7.04. The Balaban J connectivity index is 2.15. The van der Waals surface area contributed by atoms with Crippen molar-refractivity contribution in [2.45, 2.75) is 52.5 Å². The molecular weight excluding hydrogens is 261 g/mol. The summed E-state index contributed by atoms with van der Waals surface area (Å²) < 4.78 is 13.1. The van der Waals surface area contributed by atoms with Crippen LogP contribution in [0.3, 0.4) is 0 Å². The molecule has 1 fully saturated rings. The van der Waals surface area contributed by atoms with E-state index in [1.165, 1.54) is 31.4 Å². The van der Waals surface area contributed by atoms with Gasteiger partial charge in [0.25, 0.3) is 0 Å². The van der Waals surface area contributed by atoms with Gasteiger partial charge in [-0.25, -0.2) is 4.39 Å². The average molecular weight is 284 g/mol. The van der Waals surface area contributed by atoms with Crippen molar-refractivity contribution in [1.29, 1.82) is 0 Å². The van der Waals surface area contributed by atoms with Crippen molar-refractivity contribution in [3.63, 3.8) is 0 Å². The number of halogens is 2. The third-order valence-electron chi connectivity index (χ3n) is 4.15. The summed E-state index contributed by atoms with van der Waals surface area (Å²) in [5.41, 5.74) is 1.13. The fourth-order valence-corrected chi connectivity index (χ4v) is 3.37. The Morgan fingerprint density at radius 2 is 1.89 bits per heavy atom. The van der Waals surface area contributed by atoms with Crippen LogP contribution in [0.25, 0.3) is 0 Å². The molecule has 1 N–H and O–H groups in total. The number of benzene rings is 1. The number of rotatable bonds is 2. The number of hydrogen-bond acceptors (Lipinski definition) is 1. The summed E-state index contributed by atoms with van der Waals surface area (Å²) in [6.07, 6.45) is 4.97. The lowest BCUT2D eigenvalue weighted by atomic mass is 9.69. The van der Waals surface area contributed by atoms with Crippen LogP contribution in [0.1, 0.15) is 46.5 Å². The van der Waals surface area contributed by atoms with Crippen LogP contribution >= 0.6 is 11.6 Å². The van der Waals surface area contributed by atoms with E-state index in [0.29, 0.717) is 17.0 Å². The molecule has 2 unspecified atom stereocenters. The van der Waals surface area contributed by atoms with E-state index >= 15 is 0 Å². The molecule has 3 heteroatoms. The van der Waals surface area contributed by atoms with Gasteiger partial charge in [0.2, 0.25) is 0 Å². The van der Waals surface area contributed by atoms with Crippen molar-refractivity contribution in [2.75, 3.05) is 5.32 Å². The van der Waals surface area contributed by atoms with Crippen LogP contribution < -0.4 is 5.32 Å². The first-order valence-electron chi connectivity index (χ1n) is 7.09. The molecule has 0 aliphatic heterocycles. The molecule has 1 saturated carbocycles. The average Bonchev–Trinajstić information content (AvgIpc) is 2.32. The molecule has 0 bridgehead atoms. The molecule has 0 heterocycles. The van der Waals surface area contributed by atoms with E-state index < -0.39 is 0 Å². The van der Waals surface area contributed by atoms with Crippen molar-refractivity contribution >= 4 is 17.3 Å². The molecule has 0 saturated heterocycles. The predicted molar refractivity (Wildman–Crippen MR) is 80.2 cm³/mol. The van der Waals surface area contributed by atoms with Gasteiger partial charge in [-0.1, -0.05) is 45.2 Å². The Labute approximate surface area is 120 Å². The number of anilines is 1. The van der Waals surface area contributed by atoms with Crippen LogP contribution in [0.2, 0.25) is 5.02 Å². The normalized spacial score (nSPS) is 24.3. The highest BCUT2D eigenvalue weighted by Gasteiger charge is 2.34. The first-order chi connectivity index (χ1) is 8.88. The van der Waals surface area contributed by atoms with Crippen LogP contribution in [-0.2, 0) is 0 Å². The topological polar surface area (TPSA) is 12.0 Å². The van der Waals surface area contributed by atoms with Crippen LogP contribution in [0.4, 0.5) is 10.1 Å². The van der Waals surface area contributed by atoms with Gasteiger partial charge in [0.1, 0.15) is 5.82 Å². The lowest BCUT2D eigenvalue weighted by molar-refractivity contribution is 0.163. The summed E-state index contributed by atoms with van der Waals surface area (Å²) in [6.45, 7) is 6.89. The minimum atomic E-state index is -0.286. The molecule has 1 aliphatic carbocycles. The van der Waals surface area contributed by atoms with E-state index in [2.05, 4.69) is 26.1 Å². The molecule has 1 aliphatic rings. The fraction of sp³-hybridized carbons (Fsp3) is 0.625. The first-order valence-corrected chi connectivity index (χ1v) is 7.47. The quantitative estimate of drug-likeness (QED) is 0.756. The lowest BCUT2D eigenvalue weighted by Gasteiger charge is -2.41. The van der Waals surface area contributed by atoms with Crippen molar-refractivity contribution in [3.8, 4) is 0 Å². The molecule has 106 valence electrons. The maximum atomic E-state index is 13.1. The molecule has 0 spiro atoms. The van der Waals surface area contributed by atoms with Gasteiger partial charge in [-0.15, -0.1) is 0 Å². The zero-order chi connectivity index (χ0) is 14.0. The van der Waals surface area contributed by atoms with Crippen molar-refractivity contribution in [3.05, 3.63) is 29.0 Å². The first kappa shape index (κ1) is 14.6. The molecule has 0 aromatic heterocycles. The minimum absolute atomic E-state index is 0.282. The maximum Gasteiger partial charge on any atom is 0.124 e. The van der Waals surface area contributed by atoms with Gasteiger partial charge in [-0.3, -0.25) is 0 Å². The monoisotopic (exact) mass is 283 g/mol. The van der Waals surface area contributed by atoms with Gasteiger partial charge in [-0.2, -0.15) is 0 Å². The van der Waals surface area contributed by atoms with Crippen LogP contribution in [-0.4, -0.2) is 6.04 Å². The third kappa shape index (κ3) is 3.62. The highest BCUT2D eigenvalue weighted by molar-refractivity contribution is 6.33. The fourth-order valence-electron chi connectivity index (χ4n) is 3.15. The largest absolute Gasteiger partial charge is 0.381 e. The summed E-state index contributed by atoms with van der Waals surface area (Å²) >= 11 is 6.11. The van der Waals surface area contributed by atoms with Crippen LogP contribution in [0.5, 0.6) is 0 Å².